The van der Waals surface area contributed by atoms with Crippen LogP contribution in [0.15, 0.2) is 95.5 Å². The summed E-state index contributed by atoms with van der Waals surface area (Å²) in [5, 5.41) is 7.03. The van der Waals surface area contributed by atoms with Crippen LogP contribution in [0.1, 0.15) is 5.56 Å². The van der Waals surface area contributed by atoms with Gasteiger partial charge in [0, 0.05) is 48.7 Å². The minimum atomic E-state index is 0. The minimum absolute atomic E-state index is 0. The van der Waals surface area contributed by atoms with Gasteiger partial charge in [-0.15, -0.1) is 6.07 Å². The molecule has 0 bridgehead atoms. The number of benzene rings is 4. The molecule has 0 fully saturated rings. The molecule has 0 amide bonds. The summed E-state index contributed by atoms with van der Waals surface area (Å²) in [7, 11) is 4.30. The van der Waals surface area contributed by atoms with Gasteiger partial charge in [0.1, 0.15) is 0 Å². The quantitative estimate of drug-likeness (QED) is 0.136. The van der Waals surface area contributed by atoms with Gasteiger partial charge in [-0.3, -0.25) is 0 Å². The van der Waals surface area contributed by atoms with Gasteiger partial charge in [0.2, 0.25) is 0 Å². The van der Waals surface area contributed by atoms with Gasteiger partial charge in [0.25, 0.3) is 0 Å². The van der Waals surface area contributed by atoms with Crippen molar-refractivity contribution in [1.82, 2.24) is 4.40 Å². The van der Waals surface area contributed by atoms with Crippen molar-refractivity contribution in [3.05, 3.63) is 111 Å². The Morgan fingerprint density at radius 1 is 0.657 bits per heavy atom. The second kappa shape index (κ2) is 7.02. The maximum absolute atomic E-state index is 6.76. The van der Waals surface area contributed by atoms with Gasteiger partial charge in [-0.2, -0.15) is 18.6 Å². The number of hydrogen-bond donors (Lipinski definition) is 0. The van der Waals surface area contributed by atoms with Gasteiger partial charge in [0.05, 0.1) is 34.0 Å². The summed E-state index contributed by atoms with van der Waals surface area (Å²) in [6.07, 6.45) is 2.00. The fourth-order valence-electron chi connectivity index (χ4n) is 5.82. The molecule has 0 aliphatic rings. The predicted molar refractivity (Wildman–Crippen MR) is 139 cm³/mol. The molecule has 0 atom stereocenters. The van der Waals surface area contributed by atoms with Gasteiger partial charge in [-0.25, -0.2) is 0 Å². The first-order chi connectivity index (χ1) is 16.7. The zero-order chi connectivity index (χ0) is 22.6. The third-order valence-electron chi connectivity index (χ3n) is 7.26. The number of nitrogens with zero attached hydrogens (tertiary/aromatic N) is 2. The van der Waals surface area contributed by atoms with E-state index in [0.717, 1.165) is 55.0 Å². The molecule has 3 nitrogen and oxygen atoms in total. The van der Waals surface area contributed by atoms with Crippen molar-refractivity contribution >= 4 is 60.0 Å². The van der Waals surface area contributed by atoms with E-state index >= 15 is 0 Å². The number of para-hydroxylation sites is 2. The Labute approximate surface area is 214 Å². The first-order valence-electron chi connectivity index (χ1n) is 11.4. The summed E-state index contributed by atoms with van der Waals surface area (Å²) in [4.78, 5) is 0. The molecule has 0 spiro atoms. The first kappa shape index (κ1) is 20.4. The molecule has 0 aliphatic carbocycles. The molecule has 0 unspecified atom stereocenters. The Balaban J connectivity index is 0.00000210. The Kier molecular flexibility index (Phi) is 4.09. The Bertz CT molecular complexity index is 2100. The summed E-state index contributed by atoms with van der Waals surface area (Å²) in [5.41, 5.74) is 8.22. The summed E-state index contributed by atoms with van der Waals surface area (Å²) in [6, 6.07) is 29.8. The molecule has 1 radical (unpaired) electrons. The van der Waals surface area contributed by atoms with E-state index in [0.29, 0.717) is 0 Å². The van der Waals surface area contributed by atoms with Gasteiger partial charge >= 0.3 is 0 Å². The Morgan fingerprint density at radius 3 is 2.26 bits per heavy atom. The number of furan rings is 1. The maximum Gasteiger partial charge on any atom is 0.159 e. The van der Waals surface area contributed by atoms with Crippen LogP contribution in [0.5, 0.6) is 0 Å². The third-order valence-corrected chi connectivity index (χ3v) is 7.26. The van der Waals surface area contributed by atoms with Crippen LogP contribution in [0.4, 0.5) is 0 Å². The molecule has 8 rings (SSSR count). The van der Waals surface area contributed by atoms with E-state index in [-0.39, 0.29) is 20.1 Å². The molecule has 0 N–H and O–H groups in total. The fourth-order valence-corrected chi connectivity index (χ4v) is 5.82. The fraction of sp³-hybridized carbons (Fsp3) is 0. The van der Waals surface area contributed by atoms with Crippen molar-refractivity contribution < 1.29 is 29.1 Å². The van der Waals surface area contributed by atoms with Crippen LogP contribution in [0.3, 0.4) is 0 Å². The summed E-state index contributed by atoms with van der Waals surface area (Å²) in [6.45, 7) is 4.39. The smallest absolute Gasteiger partial charge is 0.159 e. The van der Waals surface area contributed by atoms with Crippen molar-refractivity contribution in [2.24, 2.45) is 0 Å². The van der Waals surface area contributed by atoms with Crippen molar-refractivity contribution in [2.75, 3.05) is 0 Å². The first-order valence-corrected chi connectivity index (χ1v) is 11.4. The molecule has 0 saturated carbocycles. The summed E-state index contributed by atoms with van der Waals surface area (Å²) >= 11 is 0. The van der Waals surface area contributed by atoms with E-state index in [9.17, 15) is 0 Å². The van der Waals surface area contributed by atoms with Gasteiger partial charge in [-0.05, 0) is 29.0 Å². The zero-order valence-corrected chi connectivity index (χ0v) is 21.1. The molecular formula is C31H19IrN2O-. The van der Waals surface area contributed by atoms with Crippen LogP contribution in [0, 0.1) is 14.0 Å². The van der Waals surface area contributed by atoms with Gasteiger partial charge in [0.15, 0.2) is 5.58 Å². The normalized spacial score (nSPS) is 12.0. The van der Waals surface area contributed by atoms with Crippen LogP contribution in [-0.4, -0.2) is 4.40 Å². The van der Waals surface area contributed by atoms with Crippen LogP contribution < -0.4 is 4.57 Å². The maximum atomic E-state index is 6.76. The van der Waals surface area contributed by atoms with E-state index in [4.69, 9.17) is 4.42 Å². The van der Waals surface area contributed by atoms with Crippen molar-refractivity contribution in [3.8, 4) is 11.3 Å². The molecule has 4 heterocycles. The van der Waals surface area contributed by atoms with Crippen LogP contribution in [0.2, 0.25) is 0 Å². The van der Waals surface area contributed by atoms with E-state index in [1.807, 2.05) is 10.8 Å². The molecule has 169 valence electrons. The zero-order valence-electron chi connectivity index (χ0n) is 18.7. The van der Waals surface area contributed by atoms with Crippen molar-refractivity contribution in [1.29, 1.82) is 0 Å². The second-order valence-electron chi connectivity index (χ2n) is 9.03. The number of rotatable bonds is 1. The largest absolute Gasteiger partial charge is 0.467 e. The average molecular weight is 628 g/mol. The van der Waals surface area contributed by atoms with Crippen LogP contribution in [-0.2, 0) is 20.1 Å². The molecule has 4 aromatic heterocycles. The second-order valence-corrected chi connectivity index (χ2v) is 9.03. The number of pyridine rings is 1. The van der Waals surface area contributed by atoms with E-state index < -0.39 is 0 Å². The predicted octanol–water partition coefficient (Wildman–Crippen LogP) is 7.51. The minimum Gasteiger partial charge on any atom is -0.467 e. The molecule has 35 heavy (non-hydrogen) atoms. The summed E-state index contributed by atoms with van der Waals surface area (Å²) in [5.74, 6) is 0. The number of fused-ring (bicyclic) bond motifs is 9. The average Bonchev–Trinajstić information content (AvgIpc) is 3.50. The van der Waals surface area contributed by atoms with Crippen molar-refractivity contribution in [3.63, 3.8) is 0 Å². The topological polar surface area (TPSA) is 21.4 Å². The third kappa shape index (κ3) is 2.45. The molecule has 0 aliphatic heterocycles. The Hall–Kier alpha value is -3.98. The monoisotopic (exact) mass is 628 g/mol. The van der Waals surface area contributed by atoms with Crippen LogP contribution >= 0.6 is 0 Å². The Morgan fingerprint density at radius 2 is 1.37 bits per heavy atom. The van der Waals surface area contributed by atoms with Crippen molar-refractivity contribution in [2.45, 2.75) is 0 Å². The van der Waals surface area contributed by atoms with Crippen LogP contribution in [0.25, 0.3) is 71.3 Å². The number of aromatic nitrogens is 2. The summed E-state index contributed by atoms with van der Waals surface area (Å²) < 4.78 is 11.1. The molecule has 8 aromatic rings. The van der Waals surface area contributed by atoms with E-state index in [1.165, 1.54) is 21.8 Å². The molecule has 0 saturated heterocycles. The number of hydrogen-bond acceptors (Lipinski definition) is 1. The van der Waals surface area contributed by atoms with E-state index in [2.05, 4.69) is 103 Å². The SMILES string of the molecule is [CH2-]c1ccc2c(oc3c4cccc5c6ccccc6n(c54)c23)c1-c1c2ccccc2cc[n+]1[CH2-].[Ir]. The molecular weight excluding hydrogens is 609 g/mol. The van der Waals surface area contributed by atoms with Gasteiger partial charge in [-0.1, -0.05) is 60.2 Å². The molecule has 4 aromatic carbocycles. The van der Waals surface area contributed by atoms with Gasteiger partial charge < -0.3 is 13.4 Å². The molecule has 4 heteroatoms. The standard InChI is InChI=1S/C31H19N2O.Ir/c1-18-14-15-24-29-31(23-12-7-11-22-21-10-5-6-13-25(21)33(29)27(22)23)34-30(24)26(18)28-20-9-4-3-8-19(20)16-17-32(28)2;/h3-17H,1-2H2;/q-1;. The van der Waals surface area contributed by atoms with E-state index in [1.54, 1.807) is 0 Å².